The van der Waals surface area contributed by atoms with Crippen LogP contribution in [0.4, 0.5) is 0 Å². The second-order valence-corrected chi connectivity index (χ2v) is 6.08. The minimum atomic E-state index is -0.392. The summed E-state index contributed by atoms with van der Waals surface area (Å²) in [4.78, 5) is 24.0. The molecule has 0 aliphatic carbocycles. The van der Waals surface area contributed by atoms with Crippen molar-refractivity contribution in [1.82, 2.24) is 15.0 Å². The fraction of sp³-hybridized carbons (Fsp3) is 0.0556. The number of H-pyrrole nitrogens is 1. The van der Waals surface area contributed by atoms with Crippen LogP contribution >= 0.6 is 11.8 Å². The van der Waals surface area contributed by atoms with E-state index < -0.39 is 5.97 Å². The number of aromatic nitrogens is 3. The van der Waals surface area contributed by atoms with Crippen molar-refractivity contribution < 1.29 is 9.53 Å². The van der Waals surface area contributed by atoms with Gasteiger partial charge in [-0.25, -0.2) is 9.78 Å². The van der Waals surface area contributed by atoms with E-state index in [-0.39, 0.29) is 5.94 Å². The average molecular weight is 335 g/mol. The molecule has 1 N–H and O–H groups in total. The summed E-state index contributed by atoms with van der Waals surface area (Å²) in [5.74, 6) is -0.206. The van der Waals surface area contributed by atoms with Crippen LogP contribution in [0.5, 0.6) is 0 Å². The minimum absolute atomic E-state index is 0.186. The lowest BCUT2D eigenvalue weighted by Gasteiger charge is -2.04. The molecule has 0 atom stereocenters. The van der Waals surface area contributed by atoms with Crippen LogP contribution in [-0.4, -0.2) is 26.9 Å². The molecule has 0 amide bonds. The predicted octanol–water partition coefficient (Wildman–Crippen LogP) is 4.02. The summed E-state index contributed by atoms with van der Waals surface area (Å²) in [6.45, 7) is 0. The number of pyridine rings is 1. The van der Waals surface area contributed by atoms with Gasteiger partial charge in [0.15, 0.2) is 5.16 Å². The molecule has 2 heterocycles. The van der Waals surface area contributed by atoms with Crippen LogP contribution in [0.1, 0.15) is 10.4 Å². The van der Waals surface area contributed by atoms with Gasteiger partial charge in [-0.15, -0.1) is 0 Å². The summed E-state index contributed by atoms with van der Waals surface area (Å²) in [5.41, 5.74) is 3.15. The van der Waals surface area contributed by atoms with Crippen LogP contribution in [0.15, 0.2) is 66.0 Å². The number of esters is 1. The van der Waals surface area contributed by atoms with Crippen molar-refractivity contribution >= 4 is 39.7 Å². The molecule has 5 nitrogen and oxygen atoms in total. The zero-order chi connectivity index (χ0) is 16.4. The van der Waals surface area contributed by atoms with Gasteiger partial charge in [0, 0.05) is 11.6 Å². The van der Waals surface area contributed by atoms with Gasteiger partial charge in [-0.1, -0.05) is 30.3 Å². The number of fused-ring (bicyclic) bond motifs is 2. The lowest BCUT2D eigenvalue weighted by atomic mass is 10.2. The van der Waals surface area contributed by atoms with Gasteiger partial charge in [-0.3, -0.25) is 4.98 Å². The standard InChI is InChI=1S/C18H13N3O2S/c22-17(13-9-12-5-1-2-6-14(12)19-10-13)23-11-24-18-20-15-7-3-4-8-16(15)21-18/h1-10H,11H2,(H,20,21). The summed E-state index contributed by atoms with van der Waals surface area (Å²) in [6.07, 6.45) is 1.54. The van der Waals surface area contributed by atoms with Gasteiger partial charge in [0.05, 0.1) is 22.1 Å². The van der Waals surface area contributed by atoms with Crippen molar-refractivity contribution in [3.8, 4) is 0 Å². The maximum absolute atomic E-state index is 12.1. The molecule has 0 aliphatic rings. The van der Waals surface area contributed by atoms with Crippen LogP contribution in [0, 0.1) is 0 Å². The van der Waals surface area contributed by atoms with E-state index in [4.69, 9.17) is 4.74 Å². The summed E-state index contributed by atoms with van der Waals surface area (Å²) >= 11 is 1.34. The first-order valence-electron chi connectivity index (χ1n) is 7.39. The monoisotopic (exact) mass is 335 g/mol. The minimum Gasteiger partial charge on any atom is -0.451 e. The van der Waals surface area contributed by atoms with Crippen molar-refractivity contribution in [2.45, 2.75) is 5.16 Å². The van der Waals surface area contributed by atoms with E-state index in [1.165, 1.54) is 18.0 Å². The number of rotatable bonds is 4. The quantitative estimate of drug-likeness (QED) is 0.347. The van der Waals surface area contributed by atoms with Gasteiger partial charge in [-0.05, 0) is 36.0 Å². The molecule has 2 aromatic carbocycles. The van der Waals surface area contributed by atoms with Gasteiger partial charge < -0.3 is 9.72 Å². The van der Waals surface area contributed by atoms with E-state index >= 15 is 0 Å². The first-order valence-corrected chi connectivity index (χ1v) is 8.38. The molecule has 6 heteroatoms. The number of benzene rings is 2. The molecule has 0 saturated heterocycles. The highest BCUT2D eigenvalue weighted by atomic mass is 32.2. The van der Waals surface area contributed by atoms with E-state index in [0.29, 0.717) is 5.56 Å². The second-order valence-electron chi connectivity index (χ2n) is 5.17. The van der Waals surface area contributed by atoms with Crippen LogP contribution in [0.25, 0.3) is 21.9 Å². The Morgan fingerprint density at radius 2 is 1.88 bits per heavy atom. The van der Waals surface area contributed by atoms with Crippen molar-refractivity contribution in [2.24, 2.45) is 0 Å². The number of nitrogens with zero attached hydrogens (tertiary/aromatic N) is 2. The van der Waals surface area contributed by atoms with Gasteiger partial charge in [0.25, 0.3) is 0 Å². The third-order valence-electron chi connectivity index (χ3n) is 3.58. The first kappa shape index (κ1) is 14.7. The van der Waals surface area contributed by atoms with Gasteiger partial charge in [0.2, 0.25) is 0 Å². The maximum atomic E-state index is 12.1. The number of carbonyl (C=O) groups is 1. The van der Waals surface area contributed by atoms with Crippen LogP contribution < -0.4 is 0 Å². The molecule has 4 aromatic rings. The van der Waals surface area contributed by atoms with Gasteiger partial charge >= 0.3 is 5.97 Å². The molecule has 4 rings (SSSR count). The highest BCUT2D eigenvalue weighted by Crippen LogP contribution is 2.20. The Hall–Kier alpha value is -2.86. The molecule has 0 spiro atoms. The van der Waals surface area contributed by atoms with Crippen LogP contribution in [0.2, 0.25) is 0 Å². The summed E-state index contributed by atoms with van der Waals surface area (Å²) in [7, 11) is 0. The first-order chi connectivity index (χ1) is 11.8. The highest BCUT2D eigenvalue weighted by Gasteiger charge is 2.10. The Morgan fingerprint density at radius 3 is 2.75 bits per heavy atom. The average Bonchev–Trinajstić information content (AvgIpc) is 3.04. The molecular formula is C18H13N3O2S. The van der Waals surface area contributed by atoms with E-state index in [1.807, 2.05) is 48.5 Å². The third kappa shape index (κ3) is 2.96. The summed E-state index contributed by atoms with van der Waals surface area (Å²) in [5, 5.41) is 1.64. The van der Waals surface area contributed by atoms with E-state index in [0.717, 1.165) is 27.1 Å². The van der Waals surface area contributed by atoms with Crippen molar-refractivity contribution in [3.05, 3.63) is 66.4 Å². The number of thioether (sulfide) groups is 1. The van der Waals surface area contributed by atoms with E-state index in [9.17, 15) is 4.79 Å². The zero-order valence-electron chi connectivity index (χ0n) is 12.6. The molecule has 0 radical (unpaired) electrons. The Balaban J connectivity index is 1.41. The van der Waals surface area contributed by atoms with Crippen molar-refractivity contribution in [3.63, 3.8) is 0 Å². The lowest BCUT2D eigenvalue weighted by Crippen LogP contribution is -2.05. The highest BCUT2D eigenvalue weighted by molar-refractivity contribution is 7.99. The predicted molar refractivity (Wildman–Crippen MR) is 94.0 cm³/mol. The number of aromatic amines is 1. The smallest absolute Gasteiger partial charge is 0.340 e. The number of nitrogens with one attached hydrogen (secondary N) is 1. The largest absolute Gasteiger partial charge is 0.451 e. The molecule has 0 fully saturated rings. The van der Waals surface area contributed by atoms with E-state index in [1.54, 1.807) is 6.07 Å². The zero-order valence-corrected chi connectivity index (χ0v) is 13.4. The number of ether oxygens (including phenoxy) is 1. The molecule has 0 saturated carbocycles. The Morgan fingerprint density at radius 1 is 1.08 bits per heavy atom. The second kappa shape index (κ2) is 6.33. The summed E-state index contributed by atoms with van der Waals surface area (Å²) < 4.78 is 5.30. The number of hydrogen-bond donors (Lipinski definition) is 1. The fourth-order valence-corrected chi connectivity index (χ4v) is 3.03. The fourth-order valence-electron chi connectivity index (χ4n) is 2.40. The van der Waals surface area contributed by atoms with Crippen molar-refractivity contribution in [1.29, 1.82) is 0 Å². The topological polar surface area (TPSA) is 67.9 Å². The molecule has 0 unspecified atom stereocenters. The normalized spacial score (nSPS) is 11.0. The summed E-state index contributed by atoms with van der Waals surface area (Å²) in [6, 6.07) is 17.2. The number of imidazole rings is 1. The SMILES string of the molecule is O=C(OCSc1nc2ccccc2[nH]1)c1cnc2ccccc2c1. The molecule has 118 valence electrons. The number of carbonyl (C=O) groups excluding carboxylic acids is 1. The lowest BCUT2D eigenvalue weighted by molar-refractivity contribution is 0.0579. The molecule has 24 heavy (non-hydrogen) atoms. The molecule has 2 aromatic heterocycles. The Kier molecular flexibility index (Phi) is 3.88. The van der Waals surface area contributed by atoms with E-state index in [2.05, 4.69) is 15.0 Å². The number of hydrogen-bond acceptors (Lipinski definition) is 5. The molecule has 0 aliphatic heterocycles. The van der Waals surface area contributed by atoms with Gasteiger partial charge in [-0.2, -0.15) is 0 Å². The van der Waals surface area contributed by atoms with Crippen molar-refractivity contribution in [2.75, 3.05) is 5.94 Å². The Bertz CT molecular complexity index is 996. The maximum Gasteiger partial charge on any atom is 0.340 e. The molecule has 0 bridgehead atoms. The third-order valence-corrected chi connectivity index (χ3v) is 4.28. The molecular weight excluding hydrogens is 322 g/mol. The Labute approximate surface area is 142 Å². The van der Waals surface area contributed by atoms with Gasteiger partial charge in [0.1, 0.15) is 5.94 Å². The van der Waals surface area contributed by atoms with Crippen LogP contribution in [0.3, 0.4) is 0 Å². The van der Waals surface area contributed by atoms with Crippen LogP contribution in [-0.2, 0) is 4.74 Å². The number of para-hydroxylation sites is 3.